The van der Waals surface area contributed by atoms with E-state index in [1.54, 1.807) is 18.5 Å². The van der Waals surface area contributed by atoms with E-state index < -0.39 is 22.2 Å². The standard InChI is InChI=1S/C23H32N4O4S/c1-12(2)27-18(23(4,5)30)11-19(25-27)32(31)26-22(29)24-21-16-8-6-7-14(16)13(3)15-9-10-17(28)20(15)21/h11-13,15,30,32H,6-10H2,1-5H3,(H,24,29). The topological polar surface area (TPSA) is 114 Å². The van der Waals surface area contributed by atoms with Crippen molar-refractivity contribution in [3.63, 3.8) is 0 Å². The number of carbonyl (C=O) groups excluding carboxylic acids is 2. The lowest BCUT2D eigenvalue weighted by molar-refractivity contribution is -0.114. The minimum Gasteiger partial charge on any atom is -0.384 e. The smallest absolute Gasteiger partial charge is 0.353 e. The number of ketones is 1. The van der Waals surface area contributed by atoms with Crippen molar-refractivity contribution in [3.8, 4) is 0 Å². The number of hydrogen-bond acceptors (Lipinski definition) is 5. The van der Waals surface area contributed by atoms with Gasteiger partial charge >= 0.3 is 6.03 Å². The molecular weight excluding hydrogens is 428 g/mol. The molecule has 9 heteroatoms. The highest BCUT2D eigenvalue weighted by atomic mass is 32.2. The molecule has 0 aliphatic heterocycles. The molecule has 3 atom stereocenters. The quantitative estimate of drug-likeness (QED) is 0.592. The zero-order chi connectivity index (χ0) is 23.4. The Kier molecular flexibility index (Phi) is 5.92. The molecule has 3 unspecified atom stereocenters. The maximum atomic E-state index is 12.9. The van der Waals surface area contributed by atoms with Crippen LogP contribution in [0.15, 0.2) is 37.9 Å². The van der Waals surface area contributed by atoms with Crippen LogP contribution in [0.1, 0.15) is 78.5 Å². The summed E-state index contributed by atoms with van der Waals surface area (Å²) in [7, 11) is -2.46. The molecule has 8 nitrogen and oxygen atoms in total. The second-order valence-electron chi connectivity index (χ2n) is 9.79. The molecule has 3 aliphatic carbocycles. The first-order valence-corrected chi connectivity index (χ1v) is 12.5. The van der Waals surface area contributed by atoms with Crippen molar-refractivity contribution >= 4 is 22.4 Å². The number of carbonyl (C=O) groups is 2. The predicted molar refractivity (Wildman–Crippen MR) is 121 cm³/mol. The van der Waals surface area contributed by atoms with Gasteiger partial charge in [-0.05, 0) is 76.9 Å². The summed E-state index contributed by atoms with van der Waals surface area (Å²) in [5.74, 6) is 0.549. The number of nitrogens with one attached hydrogen (secondary N) is 1. The van der Waals surface area contributed by atoms with Gasteiger partial charge in [0.15, 0.2) is 10.8 Å². The van der Waals surface area contributed by atoms with Crippen molar-refractivity contribution in [3.05, 3.63) is 34.2 Å². The average molecular weight is 461 g/mol. The zero-order valence-corrected chi connectivity index (χ0v) is 20.2. The van der Waals surface area contributed by atoms with Crippen LogP contribution < -0.4 is 5.32 Å². The van der Waals surface area contributed by atoms with E-state index in [0.29, 0.717) is 29.3 Å². The van der Waals surface area contributed by atoms with E-state index in [-0.39, 0.29) is 22.8 Å². The summed E-state index contributed by atoms with van der Waals surface area (Å²) in [5.41, 5.74) is 3.04. The van der Waals surface area contributed by atoms with Gasteiger partial charge in [-0.25, -0.2) is 9.00 Å². The van der Waals surface area contributed by atoms with Crippen molar-refractivity contribution < 1.29 is 18.9 Å². The SMILES string of the molecule is CC1C2=C(CCC2)C(NC(=O)N=[SH](=O)c2cc(C(C)(C)O)n(C(C)C)n2)=C2C(=O)CCC21. The lowest BCUT2D eigenvalue weighted by Crippen LogP contribution is -2.30. The maximum absolute atomic E-state index is 12.9. The van der Waals surface area contributed by atoms with E-state index >= 15 is 0 Å². The summed E-state index contributed by atoms with van der Waals surface area (Å²) < 4.78 is 18.3. The Morgan fingerprint density at radius 3 is 2.69 bits per heavy atom. The number of urea groups is 1. The minimum absolute atomic E-state index is 0.0587. The van der Waals surface area contributed by atoms with Gasteiger partial charge in [-0.15, -0.1) is 4.36 Å². The van der Waals surface area contributed by atoms with Gasteiger partial charge in [0.25, 0.3) is 0 Å². The fourth-order valence-corrected chi connectivity index (χ4v) is 6.01. The van der Waals surface area contributed by atoms with Gasteiger partial charge in [0.1, 0.15) is 5.60 Å². The van der Waals surface area contributed by atoms with Crippen LogP contribution in [-0.4, -0.2) is 30.9 Å². The van der Waals surface area contributed by atoms with Gasteiger partial charge in [-0.3, -0.25) is 9.48 Å². The molecule has 4 rings (SSSR count). The van der Waals surface area contributed by atoms with Gasteiger partial charge in [-0.1, -0.05) is 12.5 Å². The van der Waals surface area contributed by atoms with Crippen LogP contribution in [0, 0.1) is 11.8 Å². The number of amides is 2. The number of thiol groups is 1. The van der Waals surface area contributed by atoms with Crippen LogP contribution in [0.5, 0.6) is 0 Å². The lowest BCUT2D eigenvalue weighted by Gasteiger charge is -2.30. The normalized spacial score (nSPS) is 24.4. The zero-order valence-electron chi connectivity index (χ0n) is 19.3. The van der Waals surface area contributed by atoms with Crippen LogP contribution in [0.25, 0.3) is 0 Å². The van der Waals surface area contributed by atoms with Crippen LogP contribution in [-0.2, 0) is 21.0 Å². The number of aromatic nitrogens is 2. The first kappa shape index (κ1) is 22.9. The first-order valence-electron chi connectivity index (χ1n) is 11.3. The molecule has 1 aromatic rings. The first-order chi connectivity index (χ1) is 15.0. The number of hydrogen-bond donors (Lipinski definition) is 3. The van der Waals surface area contributed by atoms with Gasteiger partial charge in [0.05, 0.1) is 22.0 Å². The predicted octanol–water partition coefficient (Wildman–Crippen LogP) is 3.79. The third-order valence-electron chi connectivity index (χ3n) is 6.79. The lowest BCUT2D eigenvalue weighted by atomic mass is 9.76. The Labute approximate surface area is 190 Å². The second-order valence-corrected chi connectivity index (χ2v) is 11.0. The molecule has 1 fully saturated rings. The summed E-state index contributed by atoms with van der Waals surface area (Å²) in [6.45, 7) is 9.24. The summed E-state index contributed by atoms with van der Waals surface area (Å²) in [6, 6.07) is 0.745. The van der Waals surface area contributed by atoms with Crippen molar-refractivity contribution in [1.29, 1.82) is 0 Å². The third-order valence-corrected chi connectivity index (χ3v) is 7.76. The number of fused-ring (bicyclic) bond motifs is 1. The molecule has 1 aromatic heterocycles. The monoisotopic (exact) mass is 460 g/mol. The van der Waals surface area contributed by atoms with Crippen LogP contribution in [0.3, 0.4) is 0 Å². The van der Waals surface area contributed by atoms with E-state index in [4.69, 9.17) is 0 Å². The number of Topliss-reactive ketones (excluding diaryl/α,β-unsaturated/α-hetero) is 1. The Hall–Kier alpha value is -2.26. The van der Waals surface area contributed by atoms with Gasteiger partial charge < -0.3 is 10.4 Å². The van der Waals surface area contributed by atoms with Crippen LogP contribution >= 0.6 is 0 Å². The highest BCUT2D eigenvalue weighted by molar-refractivity contribution is 7.75. The summed E-state index contributed by atoms with van der Waals surface area (Å²) in [5, 5.41) is 17.7. The van der Waals surface area contributed by atoms with Crippen molar-refractivity contribution in [1.82, 2.24) is 15.1 Å². The molecule has 2 N–H and O–H groups in total. The van der Waals surface area contributed by atoms with E-state index in [2.05, 4.69) is 21.7 Å². The van der Waals surface area contributed by atoms with Gasteiger partial charge in [0.2, 0.25) is 0 Å². The summed E-state index contributed by atoms with van der Waals surface area (Å²) >= 11 is 0. The van der Waals surface area contributed by atoms with E-state index in [9.17, 15) is 18.9 Å². The molecule has 0 spiro atoms. The number of rotatable bonds is 4. The molecule has 0 aromatic carbocycles. The van der Waals surface area contributed by atoms with Crippen molar-refractivity contribution in [2.75, 3.05) is 0 Å². The highest BCUT2D eigenvalue weighted by Crippen LogP contribution is 2.49. The van der Waals surface area contributed by atoms with E-state index in [0.717, 1.165) is 31.3 Å². The van der Waals surface area contributed by atoms with E-state index in [1.165, 1.54) is 11.6 Å². The van der Waals surface area contributed by atoms with E-state index in [1.807, 2.05) is 13.8 Å². The molecule has 2 amide bonds. The summed E-state index contributed by atoms with van der Waals surface area (Å²) in [6.07, 6.45) is 4.15. The maximum Gasteiger partial charge on any atom is 0.353 e. The minimum atomic E-state index is -2.46. The third kappa shape index (κ3) is 3.96. The fraction of sp³-hybridized carbons (Fsp3) is 0.609. The molecule has 0 bridgehead atoms. The Balaban J connectivity index is 1.65. The molecule has 0 radical (unpaired) electrons. The van der Waals surface area contributed by atoms with Crippen molar-refractivity contribution in [2.45, 2.75) is 83.4 Å². The molecule has 1 heterocycles. The molecule has 32 heavy (non-hydrogen) atoms. The number of aliphatic hydroxyl groups is 1. The molecule has 1 saturated carbocycles. The van der Waals surface area contributed by atoms with Gasteiger partial charge in [-0.2, -0.15) is 5.10 Å². The highest BCUT2D eigenvalue weighted by Gasteiger charge is 2.42. The molecule has 174 valence electrons. The summed E-state index contributed by atoms with van der Waals surface area (Å²) in [4.78, 5) is 25.4. The number of allylic oxidation sites excluding steroid dienone is 3. The second kappa shape index (κ2) is 8.26. The fourth-order valence-electron chi connectivity index (χ4n) is 5.29. The Morgan fingerprint density at radius 1 is 1.34 bits per heavy atom. The number of nitrogens with zero attached hydrogens (tertiary/aromatic N) is 3. The molecule has 3 aliphatic rings. The Bertz CT molecular complexity index is 1130. The van der Waals surface area contributed by atoms with Gasteiger partial charge in [0, 0.05) is 18.0 Å². The van der Waals surface area contributed by atoms with Crippen LogP contribution in [0.2, 0.25) is 0 Å². The molecular formula is C23H32N4O4S. The molecule has 0 saturated heterocycles. The van der Waals surface area contributed by atoms with Crippen molar-refractivity contribution in [2.24, 2.45) is 16.2 Å². The van der Waals surface area contributed by atoms with Crippen LogP contribution in [0.4, 0.5) is 4.79 Å². The Morgan fingerprint density at radius 2 is 2.06 bits per heavy atom. The largest absolute Gasteiger partial charge is 0.384 e. The average Bonchev–Trinajstić information content (AvgIpc) is 3.42.